The molecular weight excluding hydrogens is 240 g/mol. The van der Waals surface area contributed by atoms with Crippen molar-refractivity contribution in [3.05, 3.63) is 54.1 Å². The van der Waals surface area contributed by atoms with Crippen molar-refractivity contribution in [2.75, 3.05) is 5.32 Å². The summed E-state index contributed by atoms with van der Waals surface area (Å²) in [6, 6.07) is 14.3. The van der Waals surface area contributed by atoms with Crippen molar-refractivity contribution in [2.24, 2.45) is 5.73 Å². The van der Waals surface area contributed by atoms with Gasteiger partial charge in [0.25, 0.3) is 0 Å². The molecule has 2 aromatic rings. The topological polar surface area (TPSA) is 72.2 Å². The van der Waals surface area contributed by atoms with E-state index in [1.165, 1.54) is 6.92 Å². The molecule has 2 aromatic carbocycles. The van der Waals surface area contributed by atoms with E-state index in [1.54, 1.807) is 24.3 Å². The molecule has 19 heavy (non-hydrogen) atoms. The number of amides is 2. The molecule has 0 unspecified atom stereocenters. The Bertz CT molecular complexity index is 636. The fraction of sp³-hybridized carbons (Fsp3) is 0.0667. The third kappa shape index (κ3) is 2.80. The van der Waals surface area contributed by atoms with Crippen LogP contribution in [0, 0.1) is 0 Å². The number of anilines is 1. The molecule has 2 amide bonds. The van der Waals surface area contributed by atoms with Gasteiger partial charge in [0.05, 0.1) is 0 Å². The fourth-order valence-corrected chi connectivity index (χ4v) is 1.95. The number of nitrogens with two attached hydrogens (primary N) is 1. The van der Waals surface area contributed by atoms with E-state index >= 15 is 0 Å². The molecule has 0 radical (unpaired) electrons. The second-order valence-corrected chi connectivity index (χ2v) is 4.14. The minimum absolute atomic E-state index is 0.163. The molecule has 4 heteroatoms. The number of para-hydroxylation sites is 1. The maximum Gasteiger partial charge on any atom is 0.249 e. The number of primary amides is 1. The van der Waals surface area contributed by atoms with Gasteiger partial charge >= 0.3 is 0 Å². The number of nitrogens with one attached hydrogen (secondary N) is 1. The predicted octanol–water partition coefficient (Wildman–Crippen LogP) is 2.41. The summed E-state index contributed by atoms with van der Waals surface area (Å²) in [6.07, 6.45) is 0. The molecule has 0 aliphatic heterocycles. The van der Waals surface area contributed by atoms with Crippen molar-refractivity contribution in [2.45, 2.75) is 6.92 Å². The van der Waals surface area contributed by atoms with Crippen LogP contribution in [0.15, 0.2) is 48.5 Å². The first-order valence-electron chi connectivity index (χ1n) is 5.85. The molecule has 0 aliphatic carbocycles. The third-order valence-corrected chi connectivity index (χ3v) is 2.72. The number of rotatable bonds is 3. The van der Waals surface area contributed by atoms with Gasteiger partial charge in [-0.2, -0.15) is 0 Å². The smallest absolute Gasteiger partial charge is 0.249 e. The van der Waals surface area contributed by atoms with Crippen LogP contribution in [-0.4, -0.2) is 11.8 Å². The summed E-state index contributed by atoms with van der Waals surface area (Å²) in [6.45, 7) is 1.44. The lowest BCUT2D eigenvalue weighted by Gasteiger charge is -2.12. The molecule has 0 saturated carbocycles. The summed E-state index contributed by atoms with van der Waals surface area (Å²) in [5.41, 5.74) is 7.94. The van der Waals surface area contributed by atoms with Crippen LogP contribution in [0.3, 0.4) is 0 Å². The lowest BCUT2D eigenvalue weighted by Crippen LogP contribution is -2.13. The van der Waals surface area contributed by atoms with Crippen LogP contribution in [0.4, 0.5) is 5.69 Å². The van der Waals surface area contributed by atoms with Crippen molar-refractivity contribution in [3.8, 4) is 11.1 Å². The molecular formula is C15H14N2O2. The molecule has 0 bridgehead atoms. The molecule has 0 saturated heterocycles. The second-order valence-electron chi connectivity index (χ2n) is 4.14. The van der Waals surface area contributed by atoms with Gasteiger partial charge in [0.2, 0.25) is 11.8 Å². The molecule has 0 atom stereocenters. The van der Waals surface area contributed by atoms with E-state index in [4.69, 9.17) is 5.73 Å². The summed E-state index contributed by atoms with van der Waals surface area (Å²) in [7, 11) is 0. The number of hydrogen-bond acceptors (Lipinski definition) is 2. The highest BCUT2D eigenvalue weighted by Gasteiger charge is 2.12. The maximum absolute atomic E-state index is 11.5. The molecule has 96 valence electrons. The van der Waals surface area contributed by atoms with Gasteiger partial charge in [-0.1, -0.05) is 36.4 Å². The Balaban J connectivity index is 2.59. The average molecular weight is 254 g/mol. The van der Waals surface area contributed by atoms with Crippen molar-refractivity contribution in [1.82, 2.24) is 0 Å². The predicted molar refractivity (Wildman–Crippen MR) is 74.7 cm³/mol. The molecule has 2 rings (SSSR count). The van der Waals surface area contributed by atoms with Crippen molar-refractivity contribution >= 4 is 17.5 Å². The lowest BCUT2D eigenvalue weighted by atomic mass is 9.98. The highest BCUT2D eigenvalue weighted by atomic mass is 16.1. The SMILES string of the molecule is CC(=O)Nc1ccccc1-c1ccccc1C(N)=O. The van der Waals surface area contributed by atoms with Crippen LogP contribution < -0.4 is 11.1 Å². The van der Waals surface area contributed by atoms with Crippen molar-refractivity contribution in [3.63, 3.8) is 0 Å². The van der Waals surface area contributed by atoms with Gasteiger partial charge < -0.3 is 11.1 Å². The quantitative estimate of drug-likeness (QED) is 0.882. The highest BCUT2D eigenvalue weighted by Crippen LogP contribution is 2.30. The minimum Gasteiger partial charge on any atom is -0.366 e. The van der Waals surface area contributed by atoms with Crippen LogP contribution in [0.1, 0.15) is 17.3 Å². The first-order valence-corrected chi connectivity index (χ1v) is 5.85. The van der Waals surface area contributed by atoms with Gasteiger partial charge in [0, 0.05) is 23.7 Å². The Kier molecular flexibility index (Phi) is 3.61. The van der Waals surface area contributed by atoms with Crippen LogP contribution in [-0.2, 0) is 4.79 Å². The molecule has 0 aromatic heterocycles. The zero-order chi connectivity index (χ0) is 13.8. The number of benzene rings is 2. The Hall–Kier alpha value is -2.62. The molecule has 4 nitrogen and oxygen atoms in total. The molecule has 0 aliphatic rings. The average Bonchev–Trinajstić information content (AvgIpc) is 2.38. The monoisotopic (exact) mass is 254 g/mol. The Morgan fingerprint density at radius 2 is 1.53 bits per heavy atom. The summed E-state index contributed by atoms with van der Waals surface area (Å²) >= 11 is 0. The fourth-order valence-electron chi connectivity index (χ4n) is 1.95. The van der Waals surface area contributed by atoms with E-state index in [1.807, 2.05) is 24.3 Å². The Morgan fingerprint density at radius 1 is 0.947 bits per heavy atom. The van der Waals surface area contributed by atoms with E-state index < -0.39 is 5.91 Å². The summed E-state index contributed by atoms with van der Waals surface area (Å²) in [5, 5.41) is 2.75. The Labute approximate surface area is 111 Å². The maximum atomic E-state index is 11.5. The Morgan fingerprint density at radius 3 is 2.16 bits per heavy atom. The third-order valence-electron chi connectivity index (χ3n) is 2.72. The number of hydrogen-bond donors (Lipinski definition) is 2. The molecule has 0 heterocycles. The molecule has 0 spiro atoms. The van der Waals surface area contributed by atoms with Crippen LogP contribution in [0.2, 0.25) is 0 Å². The summed E-state index contributed by atoms with van der Waals surface area (Å²) in [5.74, 6) is -0.655. The van der Waals surface area contributed by atoms with Crippen LogP contribution in [0.5, 0.6) is 0 Å². The summed E-state index contributed by atoms with van der Waals surface area (Å²) < 4.78 is 0. The van der Waals surface area contributed by atoms with Gasteiger partial charge in [0.1, 0.15) is 0 Å². The van der Waals surface area contributed by atoms with E-state index in [9.17, 15) is 9.59 Å². The number of carbonyl (C=O) groups is 2. The minimum atomic E-state index is -0.492. The zero-order valence-electron chi connectivity index (χ0n) is 10.5. The number of carbonyl (C=O) groups excluding carboxylic acids is 2. The summed E-state index contributed by atoms with van der Waals surface area (Å²) in [4.78, 5) is 22.7. The normalized spacial score (nSPS) is 9.95. The van der Waals surface area contributed by atoms with E-state index in [0.717, 1.165) is 5.56 Å². The van der Waals surface area contributed by atoms with Gasteiger partial charge in [-0.25, -0.2) is 0 Å². The van der Waals surface area contributed by atoms with E-state index in [-0.39, 0.29) is 5.91 Å². The van der Waals surface area contributed by atoms with Crippen molar-refractivity contribution in [1.29, 1.82) is 0 Å². The first kappa shape index (κ1) is 12.8. The van der Waals surface area contributed by atoms with Crippen LogP contribution >= 0.6 is 0 Å². The second kappa shape index (κ2) is 5.35. The van der Waals surface area contributed by atoms with Gasteiger partial charge in [0.15, 0.2) is 0 Å². The molecule has 3 N–H and O–H groups in total. The van der Waals surface area contributed by atoms with Gasteiger partial charge in [-0.3, -0.25) is 9.59 Å². The lowest BCUT2D eigenvalue weighted by molar-refractivity contribution is -0.114. The van der Waals surface area contributed by atoms with Crippen molar-refractivity contribution < 1.29 is 9.59 Å². The standard InChI is InChI=1S/C15H14N2O2/c1-10(18)17-14-9-5-4-7-12(14)11-6-2-3-8-13(11)15(16)19/h2-9H,1H3,(H2,16,19)(H,17,18). The highest BCUT2D eigenvalue weighted by molar-refractivity contribution is 6.03. The van der Waals surface area contributed by atoms with Gasteiger partial charge in [-0.15, -0.1) is 0 Å². The largest absolute Gasteiger partial charge is 0.366 e. The molecule has 0 fully saturated rings. The van der Waals surface area contributed by atoms with Gasteiger partial charge in [-0.05, 0) is 17.7 Å². The first-order chi connectivity index (χ1) is 9.09. The zero-order valence-corrected chi connectivity index (χ0v) is 10.5. The van der Waals surface area contributed by atoms with Crippen LogP contribution in [0.25, 0.3) is 11.1 Å². The van der Waals surface area contributed by atoms with E-state index in [0.29, 0.717) is 16.8 Å². The van der Waals surface area contributed by atoms with E-state index in [2.05, 4.69) is 5.32 Å².